The van der Waals surface area contributed by atoms with Gasteiger partial charge in [0, 0.05) is 36.3 Å². The van der Waals surface area contributed by atoms with E-state index in [2.05, 4.69) is 20.5 Å². The smallest absolute Gasteiger partial charge is 0.213 e. The summed E-state index contributed by atoms with van der Waals surface area (Å²) in [4.78, 5) is 11.4. The van der Waals surface area contributed by atoms with E-state index in [0.717, 1.165) is 47.9 Å². The number of aromatic nitrogens is 1. The van der Waals surface area contributed by atoms with Crippen LogP contribution in [0, 0.1) is 0 Å². The molecule has 0 bridgehead atoms. The molecule has 0 spiro atoms. The molecule has 0 saturated heterocycles. The maximum absolute atomic E-state index is 6.02. The summed E-state index contributed by atoms with van der Waals surface area (Å²) in [6.07, 6.45) is 10.4. The Morgan fingerprint density at radius 2 is 2.08 bits per heavy atom. The first-order valence-corrected chi connectivity index (χ1v) is 9.61. The molecular weight excluding hydrogens is 320 g/mol. The van der Waals surface area contributed by atoms with Crippen LogP contribution in [0.2, 0.25) is 0 Å². The Morgan fingerprint density at radius 1 is 1.21 bits per heavy atom. The first-order valence-electron chi connectivity index (χ1n) is 8.67. The zero-order chi connectivity index (χ0) is 16.4. The molecule has 0 aromatic carbocycles. The normalized spacial score (nSPS) is 21.5. The molecule has 2 aliphatic heterocycles. The highest BCUT2D eigenvalue weighted by atomic mass is 32.2. The average Bonchev–Trinajstić information content (AvgIpc) is 2.62. The summed E-state index contributed by atoms with van der Waals surface area (Å²) in [5.41, 5.74) is 2.89. The number of rotatable bonds is 3. The Morgan fingerprint density at radius 3 is 2.88 bits per heavy atom. The minimum Gasteiger partial charge on any atom is -0.474 e. The highest BCUT2D eigenvalue weighted by Crippen LogP contribution is 2.24. The maximum Gasteiger partial charge on any atom is 0.213 e. The van der Waals surface area contributed by atoms with Crippen molar-refractivity contribution in [2.45, 2.75) is 45.1 Å². The number of fused-ring (bicyclic) bond motifs is 1. The van der Waals surface area contributed by atoms with Crippen LogP contribution in [0.4, 0.5) is 0 Å². The van der Waals surface area contributed by atoms with Gasteiger partial charge in [0.15, 0.2) is 5.84 Å². The van der Waals surface area contributed by atoms with Crippen LogP contribution in [0.1, 0.15) is 44.6 Å². The lowest BCUT2D eigenvalue weighted by Gasteiger charge is -2.29. The van der Waals surface area contributed by atoms with Gasteiger partial charge in [-0.3, -0.25) is 0 Å². The fraction of sp³-hybridized carbons (Fsp3) is 0.500. The van der Waals surface area contributed by atoms with Crippen LogP contribution in [0.5, 0.6) is 5.88 Å². The van der Waals surface area contributed by atoms with Crippen molar-refractivity contribution >= 4 is 23.5 Å². The standard InChI is InChI=1S/C18H22N4OS/c1-13-12-22-9-10-24-21-18(22)17(20-13)14-7-8-16(19-11-14)23-15-5-3-2-4-6-15/h7-8,11-12,15H,2-6,9-10H2,1H3. The Labute approximate surface area is 147 Å². The molecule has 0 atom stereocenters. The highest BCUT2D eigenvalue weighted by molar-refractivity contribution is 7.98. The van der Waals surface area contributed by atoms with E-state index in [1.54, 1.807) is 11.9 Å². The number of nitrogens with zero attached hydrogens (tertiary/aromatic N) is 4. The second-order valence-electron chi connectivity index (χ2n) is 6.44. The van der Waals surface area contributed by atoms with E-state index in [0.29, 0.717) is 12.0 Å². The molecule has 0 radical (unpaired) electrons. The zero-order valence-electron chi connectivity index (χ0n) is 13.9. The van der Waals surface area contributed by atoms with Crippen molar-refractivity contribution in [1.82, 2.24) is 9.88 Å². The van der Waals surface area contributed by atoms with Gasteiger partial charge in [-0.15, -0.1) is 0 Å². The van der Waals surface area contributed by atoms with E-state index in [-0.39, 0.29) is 0 Å². The fourth-order valence-corrected chi connectivity index (χ4v) is 4.01. The number of aliphatic imine (C=N–C) groups is 1. The summed E-state index contributed by atoms with van der Waals surface area (Å²) < 4.78 is 10.6. The van der Waals surface area contributed by atoms with Crippen molar-refractivity contribution < 1.29 is 4.74 Å². The summed E-state index contributed by atoms with van der Waals surface area (Å²) in [6.45, 7) is 2.99. The predicted molar refractivity (Wildman–Crippen MR) is 98.6 cm³/mol. The molecule has 4 rings (SSSR count). The van der Waals surface area contributed by atoms with Gasteiger partial charge in [0.05, 0.1) is 5.70 Å². The number of amidine groups is 1. The Hall–Kier alpha value is -1.82. The number of ether oxygens (including phenoxy) is 1. The number of hydrogen-bond donors (Lipinski definition) is 0. The molecule has 3 aliphatic rings. The Balaban J connectivity index is 1.53. The number of pyridine rings is 1. The minimum atomic E-state index is 0.323. The van der Waals surface area contributed by atoms with Crippen molar-refractivity contribution in [3.63, 3.8) is 0 Å². The average molecular weight is 342 g/mol. The molecular formula is C18H22N4OS. The highest BCUT2D eigenvalue weighted by Gasteiger charge is 2.25. The van der Waals surface area contributed by atoms with Crippen LogP contribution >= 0.6 is 11.9 Å². The lowest BCUT2D eigenvalue weighted by molar-refractivity contribution is 0.148. The topological polar surface area (TPSA) is 50.1 Å². The van der Waals surface area contributed by atoms with E-state index >= 15 is 0 Å². The second-order valence-corrected chi connectivity index (χ2v) is 7.28. The molecule has 1 saturated carbocycles. The predicted octanol–water partition coefficient (Wildman–Crippen LogP) is 3.82. The lowest BCUT2D eigenvalue weighted by Crippen LogP contribution is -2.39. The number of allylic oxidation sites excluding steroid dienone is 1. The Kier molecular flexibility index (Phi) is 4.56. The van der Waals surface area contributed by atoms with E-state index in [1.807, 2.05) is 25.3 Å². The molecule has 3 heterocycles. The molecule has 1 fully saturated rings. The second kappa shape index (κ2) is 6.97. The maximum atomic E-state index is 6.02. The summed E-state index contributed by atoms with van der Waals surface area (Å²) >= 11 is 1.60. The zero-order valence-corrected chi connectivity index (χ0v) is 14.8. The van der Waals surface area contributed by atoms with Gasteiger partial charge < -0.3 is 9.64 Å². The quantitative estimate of drug-likeness (QED) is 0.784. The largest absolute Gasteiger partial charge is 0.474 e. The summed E-state index contributed by atoms with van der Waals surface area (Å²) in [5, 5.41) is 0. The van der Waals surface area contributed by atoms with Crippen LogP contribution in [0.15, 0.2) is 39.6 Å². The van der Waals surface area contributed by atoms with Crippen molar-refractivity contribution in [1.29, 1.82) is 0 Å². The molecule has 0 N–H and O–H groups in total. The molecule has 1 aromatic rings. The molecule has 126 valence electrons. The lowest BCUT2D eigenvalue weighted by atomic mass is 9.98. The molecule has 1 aliphatic carbocycles. The van der Waals surface area contributed by atoms with E-state index in [1.165, 1.54) is 19.3 Å². The van der Waals surface area contributed by atoms with Gasteiger partial charge in [0.25, 0.3) is 0 Å². The van der Waals surface area contributed by atoms with Crippen LogP contribution < -0.4 is 4.74 Å². The molecule has 24 heavy (non-hydrogen) atoms. The van der Waals surface area contributed by atoms with Crippen molar-refractivity contribution in [2.75, 3.05) is 12.3 Å². The fourth-order valence-electron chi connectivity index (χ4n) is 3.33. The van der Waals surface area contributed by atoms with Gasteiger partial charge in [0.1, 0.15) is 11.8 Å². The third-order valence-corrected chi connectivity index (χ3v) is 5.21. The summed E-state index contributed by atoms with van der Waals surface area (Å²) in [6, 6.07) is 4.00. The molecule has 5 nitrogen and oxygen atoms in total. The van der Waals surface area contributed by atoms with Gasteiger partial charge in [-0.05, 0) is 50.6 Å². The third kappa shape index (κ3) is 3.34. The monoisotopic (exact) mass is 342 g/mol. The summed E-state index contributed by atoms with van der Waals surface area (Å²) in [5.74, 6) is 2.65. The third-order valence-electron chi connectivity index (χ3n) is 4.54. The van der Waals surface area contributed by atoms with Crippen molar-refractivity contribution in [3.05, 3.63) is 35.8 Å². The van der Waals surface area contributed by atoms with Crippen LogP contribution in [0.3, 0.4) is 0 Å². The molecule has 0 unspecified atom stereocenters. The van der Waals surface area contributed by atoms with Crippen LogP contribution in [0.25, 0.3) is 0 Å². The SMILES string of the molecule is CC1=CN2CCSN=C2C(c2ccc(OC3CCCCC3)nc2)=N1. The van der Waals surface area contributed by atoms with E-state index in [4.69, 9.17) is 9.73 Å². The molecule has 0 amide bonds. The van der Waals surface area contributed by atoms with E-state index < -0.39 is 0 Å². The molecule has 6 heteroatoms. The minimum absolute atomic E-state index is 0.323. The van der Waals surface area contributed by atoms with Gasteiger partial charge in [-0.25, -0.2) is 9.98 Å². The van der Waals surface area contributed by atoms with Crippen LogP contribution in [-0.4, -0.2) is 39.8 Å². The number of hydrogen-bond acceptors (Lipinski definition) is 6. The molecule has 1 aromatic heterocycles. The van der Waals surface area contributed by atoms with Crippen LogP contribution in [-0.2, 0) is 0 Å². The van der Waals surface area contributed by atoms with E-state index in [9.17, 15) is 0 Å². The van der Waals surface area contributed by atoms with Gasteiger partial charge in [0.2, 0.25) is 5.88 Å². The van der Waals surface area contributed by atoms with Crippen molar-refractivity contribution in [3.8, 4) is 5.88 Å². The summed E-state index contributed by atoms with van der Waals surface area (Å²) in [7, 11) is 0. The van der Waals surface area contributed by atoms with Gasteiger partial charge in [-0.2, -0.15) is 4.40 Å². The first-order chi connectivity index (χ1) is 11.8. The Bertz CT molecular complexity index is 689. The van der Waals surface area contributed by atoms with Gasteiger partial charge in [-0.1, -0.05) is 6.42 Å². The van der Waals surface area contributed by atoms with Gasteiger partial charge >= 0.3 is 0 Å². The first kappa shape index (κ1) is 15.7. The van der Waals surface area contributed by atoms with Crippen molar-refractivity contribution in [2.24, 2.45) is 9.39 Å².